The molecule has 0 aliphatic carbocycles. The molecule has 1 aromatic rings. The lowest BCUT2D eigenvalue weighted by Gasteiger charge is -2.15. The zero-order valence-electron chi connectivity index (χ0n) is 10.4. The van der Waals surface area contributed by atoms with E-state index >= 15 is 0 Å². The van der Waals surface area contributed by atoms with Crippen molar-refractivity contribution < 1.29 is 10.0 Å². The van der Waals surface area contributed by atoms with E-state index in [9.17, 15) is 15.2 Å². The topological polar surface area (TPSA) is 75.4 Å². The van der Waals surface area contributed by atoms with Crippen molar-refractivity contribution in [3.8, 4) is 0 Å². The molecule has 18 heavy (non-hydrogen) atoms. The van der Waals surface area contributed by atoms with Crippen LogP contribution in [0.15, 0.2) is 22.7 Å². The fourth-order valence-electron chi connectivity index (χ4n) is 1.75. The lowest BCUT2D eigenvalue weighted by Crippen LogP contribution is -2.28. The Labute approximate surface area is 114 Å². The van der Waals surface area contributed by atoms with Gasteiger partial charge in [0.05, 0.1) is 11.0 Å². The van der Waals surface area contributed by atoms with E-state index in [4.69, 9.17) is 0 Å². The van der Waals surface area contributed by atoms with Crippen molar-refractivity contribution in [1.29, 1.82) is 0 Å². The number of nitrogens with zero attached hydrogens (tertiary/aromatic N) is 1. The van der Waals surface area contributed by atoms with Crippen molar-refractivity contribution in [2.45, 2.75) is 39.0 Å². The van der Waals surface area contributed by atoms with Crippen LogP contribution in [0.3, 0.4) is 0 Å². The Bertz CT molecular complexity index is 424. The number of halogens is 1. The molecule has 2 unspecified atom stereocenters. The highest BCUT2D eigenvalue weighted by molar-refractivity contribution is 9.10. The highest BCUT2D eigenvalue weighted by Crippen LogP contribution is 2.23. The van der Waals surface area contributed by atoms with Crippen molar-refractivity contribution >= 4 is 21.6 Å². The first-order valence-corrected chi connectivity index (χ1v) is 6.53. The second kappa shape index (κ2) is 6.82. The summed E-state index contributed by atoms with van der Waals surface area (Å²) in [7, 11) is 0. The molecule has 6 heteroatoms. The molecule has 100 valence electrons. The van der Waals surface area contributed by atoms with E-state index in [1.807, 2.05) is 6.92 Å². The van der Waals surface area contributed by atoms with Crippen molar-refractivity contribution in [1.82, 2.24) is 5.32 Å². The summed E-state index contributed by atoms with van der Waals surface area (Å²) < 4.78 is 0.813. The summed E-state index contributed by atoms with van der Waals surface area (Å²) in [6, 6.07) is 4.98. The van der Waals surface area contributed by atoms with Crippen molar-refractivity contribution in [2.24, 2.45) is 0 Å². The highest BCUT2D eigenvalue weighted by Gasteiger charge is 2.14. The molecule has 5 nitrogen and oxygen atoms in total. The summed E-state index contributed by atoms with van der Waals surface area (Å²) in [5.74, 6) is 0. The Morgan fingerprint density at radius 2 is 2.17 bits per heavy atom. The maximum absolute atomic E-state index is 10.9. The van der Waals surface area contributed by atoms with Crippen LogP contribution in [-0.2, 0) is 6.54 Å². The van der Waals surface area contributed by atoms with Gasteiger partial charge in [0, 0.05) is 28.7 Å². The van der Waals surface area contributed by atoms with Gasteiger partial charge in [-0.15, -0.1) is 0 Å². The van der Waals surface area contributed by atoms with Crippen LogP contribution in [0.5, 0.6) is 0 Å². The maximum Gasteiger partial charge on any atom is 0.273 e. The van der Waals surface area contributed by atoms with Gasteiger partial charge in [-0.25, -0.2) is 0 Å². The van der Waals surface area contributed by atoms with E-state index < -0.39 is 0 Å². The molecule has 0 radical (unpaired) electrons. The van der Waals surface area contributed by atoms with Crippen LogP contribution in [0, 0.1) is 10.1 Å². The summed E-state index contributed by atoms with van der Waals surface area (Å²) >= 11 is 3.30. The Kier molecular flexibility index (Phi) is 5.71. The third kappa shape index (κ3) is 4.72. The zero-order chi connectivity index (χ0) is 13.7. The van der Waals surface area contributed by atoms with Crippen LogP contribution >= 0.6 is 15.9 Å². The average Bonchev–Trinajstić information content (AvgIpc) is 2.25. The number of hydrogen-bond acceptors (Lipinski definition) is 4. The Morgan fingerprint density at radius 1 is 1.50 bits per heavy atom. The number of aliphatic hydroxyl groups is 1. The third-order valence-corrected chi connectivity index (χ3v) is 3.07. The zero-order valence-corrected chi connectivity index (χ0v) is 12.0. The van der Waals surface area contributed by atoms with Crippen LogP contribution in [0.1, 0.15) is 25.8 Å². The summed E-state index contributed by atoms with van der Waals surface area (Å²) in [5, 5.41) is 23.3. The van der Waals surface area contributed by atoms with Gasteiger partial charge < -0.3 is 10.4 Å². The van der Waals surface area contributed by atoms with Gasteiger partial charge in [0.25, 0.3) is 5.69 Å². The minimum absolute atomic E-state index is 0.101. The van der Waals surface area contributed by atoms with Gasteiger partial charge in [0.15, 0.2) is 0 Å². The lowest BCUT2D eigenvalue weighted by atomic mass is 10.1. The normalized spacial score (nSPS) is 14.2. The van der Waals surface area contributed by atoms with E-state index in [0.29, 0.717) is 18.5 Å². The average molecular weight is 317 g/mol. The molecular weight excluding hydrogens is 300 g/mol. The van der Waals surface area contributed by atoms with Crippen LogP contribution in [0.25, 0.3) is 0 Å². The molecule has 0 amide bonds. The maximum atomic E-state index is 10.9. The predicted molar refractivity (Wildman–Crippen MR) is 73.4 cm³/mol. The minimum Gasteiger partial charge on any atom is -0.393 e. The number of nitro benzene ring substituents is 1. The van der Waals surface area contributed by atoms with Gasteiger partial charge in [-0.1, -0.05) is 15.9 Å². The molecule has 0 saturated carbocycles. The standard InChI is InChI=1S/C12H17BrN2O3/c1-8(5-9(2)16)14-7-10-6-11(13)3-4-12(10)15(17)18/h3-4,6,8-9,14,16H,5,7H2,1-2H3. The molecule has 1 rings (SSSR count). The predicted octanol–water partition coefficient (Wildman–Crippen LogP) is 2.61. The number of benzene rings is 1. The van der Waals surface area contributed by atoms with Crippen molar-refractivity contribution in [3.05, 3.63) is 38.3 Å². The first-order valence-electron chi connectivity index (χ1n) is 5.74. The van der Waals surface area contributed by atoms with Crippen LogP contribution in [0.2, 0.25) is 0 Å². The number of nitro groups is 1. The van der Waals surface area contributed by atoms with Gasteiger partial charge >= 0.3 is 0 Å². The molecule has 0 heterocycles. The summed E-state index contributed by atoms with van der Waals surface area (Å²) in [4.78, 5) is 10.5. The number of rotatable bonds is 6. The molecule has 0 bridgehead atoms. The minimum atomic E-state index is -0.386. The van der Waals surface area contributed by atoms with E-state index in [2.05, 4.69) is 21.2 Å². The molecule has 0 saturated heterocycles. The number of hydrogen-bond donors (Lipinski definition) is 2. The third-order valence-electron chi connectivity index (χ3n) is 2.57. The molecule has 0 fully saturated rings. The molecule has 0 aliphatic heterocycles. The largest absolute Gasteiger partial charge is 0.393 e. The summed E-state index contributed by atoms with van der Waals surface area (Å²) in [5.41, 5.74) is 0.738. The molecule has 1 aromatic carbocycles. The molecule has 0 aliphatic rings. The van der Waals surface area contributed by atoms with Crippen LogP contribution in [0.4, 0.5) is 5.69 Å². The van der Waals surface area contributed by atoms with Gasteiger partial charge in [0.2, 0.25) is 0 Å². The van der Waals surface area contributed by atoms with E-state index in [1.54, 1.807) is 19.1 Å². The molecule has 0 spiro atoms. The van der Waals surface area contributed by atoms with Gasteiger partial charge in [0.1, 0.15) is 0 Å². The van der Waals surface area contributed by atoms with Gasteiger partial charge in [-0.3, -0.25) is 10.1 Å². The Hall–Kier alpha value is -0.980. The van der Waals surface area contributed by atoms with Crippen LogP contribution < -0.4 is 5.32 Å². The smallest absolute Gasteiger partial charge is 0.273 e. The summed E-state index contributed by atoms with van der Waals surface area (Å²) in [6.07, 6.45) is 0.229. The van der Waals surface area contributed by atoms with Crippen molar-refractivity contribution in [2.75, 3.05) is 0 Å². The summed E-state index contributed by atoms with van der Waals surface area (Å²) in [6.45, 7) is 4.07. The van der Waals surface area contributed by atoms with Crippen molar-refractivity contribution in [3.63, 3.8) is 0 Å². The molecular formula is C12H17BrN2O3. The first-order chi connectivity index (χ1) is 8.40. The van der Waals surface area contributed by atoms with E-state index in [1.165, 1.54) is 6.07 Å². The van der Waals surface area contributed by atoms with E-state index in [-0.39, 0.29) is 22.8 Å². The SMILES string of the molecule is CC(O)CC(C)NCc1cc(Br)ccc1[N+](=O)[O-]. The van der Waals surface area contributed by atoms with Gasteiger partial charge in [-0.2, -0.15) is 0 Å². The number of nitrogens with one attached hydrogen (secondary N) is 1. The lowest BCUT2D eigenvalue weighted by molar-refractivity contribution is -0.385. The monoisotopic (exact) mass is 316 g/mol. The first kappa shape index (κ1) is 15.1. The second-order valence-electron chi connectivity index (χ2n) is 4.40. The fraction of sp³-hybridized carbons (Fsp3) is 0.500. The molecule has 2 N–H and O–H groups in total. The number of aliphatic hydroxyl groups excluding tert-OH is 1. The van der Waals surface area contributed by atoms with Gasteiger partial charge in [-0.05, 0) is 32.4 Å². The fourth-order valence-corrected chi connectivity index (χ4v) is 2.16. The Balaban J connectivity index is 2.71. The van der Waals surface area contributed by atoms with E-state index in [0.717, 1.165) is 4.47 Å². The Morgan fingerprint density at radius 3 is 2.72 bits per heavy atom. The molecule has 2 atom stereocenters. The second-order valence-corrected chi connectivity index (χ2v) is 5.31. The van der Waals surface area contributed by atoms with Crippen LogP contribution in [-0.4, -0.2) is 22.2 Å². The highest BCUT2D eigenvalue weighted by atomic mass is 79.9. The quantitative estimate of drug-likeness (QED) is 0.625. The molecule has 0 aromatic heterocycles.